The van der Waals surface area contributed by atoms with Gasteiger partial charge < -0.3 is 36.2 Å². The summed E-state index contributed by atoms with van der Waals surface area (Å²) in [6, 6.07) is 11.5. The van der Waals surface area contributed by atoms with Gasteiger partial charge in [-0.05, 0) is 82.2 Å². The number of hydrogen-bond donors (Lipinski definition) is 3. The molecule has 10 heteroatoms. The van der Waals surface area contributed by atoms with Gasteiger partial charge in [-0.3, -0.25) is 4.79 Å². The second-order valence-corrected chi connectivity index (χ2v) is 9.52. The van der Waals surface area contributed by atoms with Crippen LogP contribution in [0.2, 0.25) is 0 Å². The highest BCUT2D eigenvalue weighted by Gasteiger charge is 2.25. The smallest absolute Gasteiger partial charge is 0.253 e. The van der Waals surface area contributed by atoms with Gasteiger partial charge in [0.2, 0.25) is 0 Å². The van der Waals surface area contributed by atoms with Crippen LogP contribution in [0.25, 0.3) is 0 Å². The molecule has 194 valence electrons. The average molecular weight is 495 g/mol. The predicted octanol–water partition coefficient (Wildman–Crippen LogP) is 2.21. The van der Waals surface area contributed by atoms with Gasteiger partial charge in [-0.15, -0.1) is 0 Å². The Labute approximate surface area is 213 Å². The van der Waals surface area contributed by atoms with Gasteiger partial charge in [-0.25, -0.2) is 4.98 Å². The van der Waals surface area contributed by atoms with Gasteiger partial charge in [0.25, 0.3) is 5.91 Å². The van der Waals surface area contributed by atoms with Crippen LogP contribution in [0, 0.1) is 0 Å². The molecule has 3 heterocycles. The third kappa shape index (κ3) is 6.51. The Bertz CT molecular complexity index is 1030. The Morgan fingerprint density at radius 3 is 2.50 bits per heavy atom. The van der Waals surface area contributed by atoms with Gasteiger partial charge in [-0.1, -0.05) is 0 Å². The molecular formula is C26H38N8O2. The number of piperidine rings is 2. The van der Waals surface area contributed by atoms with Crippen molar-refractivity contribution in [1.82, 2.24) is 14.8 Å². The van der Waals surface area contributed by atoms with Crippen molar-refractivity contribution in [3.8, 4) is 0 Å². The summed E-state index contributed by atoms with van der Waals surface area (Å²) in [7, 11) is 4.02. The third-order valence-electron chi connectivity index (χ3n) is 7.07. The number of benzene rings is 1. The molecule has 1 amide bonds. The summed E-state index contributed by atoms with van der Waals surface area (Å²) in [5, 5.41) is 3.11. The Hall–Kier alpha value is -3.21. The summed E-state index contributed by atoms with van der Waals surface area (Å²) in [6.45, 7) is 3.96. The molecular weight excluding hydrogens is 456 g/mol. The molecule has 2 saturated heterocycles. The van der Waals surface area contributed by atoms with Crippen LogP contribution in [0.4, 0.5) is 17.2 Å². The van der Waals surface area contributed by atoms with Crippen LogP contribution in [0.15, 0.2) is 47.6 Å². The zero-order chi connectivity index (χ0) is 25.5. The highest BCUT2D eigenvalue weighted by atomic mass is 16.5. The van der Waals surface area contributed by atoms with E-state index in [1.807, 2.05) is 48.3 Å². The molecule has 5 N–H and O–H groups in total. The number of amides is 1. The summed E-state index contributed by atoms with van der Waals surface area (Å²) in [5.41, 5.74) is 14.1. The van der Waals surface area contributed by atoms with Gasteiger partial charge >= 0.3 is 0 Å². The molecule has 4 rings (SSSR count). The number of carbonyl (C=O) groups excluding carboxylic acids is 1. The molecule has 1 aromatic heterocycles. The van der Waals surface area contributed by atoms with Crippen molar-refractivity contribution in [2.45, 2.75) is 37.8 Å². The summed E-state index contributed by atoms with van der Waals surface area (Å²) >= 11 is 0. The lowest BCUT2D eigenvalue weighted by Gasteiger charge is -2.35. The second-order valence-electron chi connectivity index (χ2n) is 9.52. The standard InChI is InChI=1S/C26H38N8O2/c1-32-14-9-21(10-15-32)33(2)25(35)19-5-7-20(8-6-19)30-26(28)31-24-23(4-3-13-29-24)34-16-11-22(12-17-34)36-18-27/h3-8,13,21-22H,9-12,14-18,27H2,1-2H3,(H3,28,29,30,31). The molecule has 0 bridgehead atoms. The number of guanidine groups is 1. The normalized spacial score (nSPS) is 18.3. The maximum Gasteiger partial charge on any atom is 0.253 e. The van der Waals surface area contributed by atoms with E-state index in [9.17, 15) is 4.79 Å². The van der Waals surface area contributed by atoms with E-state index in [0.717, 1.165) is 63.2 Å². The number of aromatic nitrogens is 1. The zero-order valence-corrected chi connectivity index (χ0v) is 21.3. The molecule has 36 heavy (non-hydrogen) atoms. The molecule has 2 aromatic rings. The highest BCUT2D eigenvalue weighted by Crippen LogP contribution is 2.29. The van der Waals surface area contributed by atoms with Crippen molar-refractivity contribution in [3.05, 3.63) is 48.2 Å². The first kappa shape index (κ1) is 25.9. The molecule has 0 atom stereocenters. The Morgan fingerprint density at radius 2 is 1.83 bits per heavy atom. The van der Waals surface area contributed by atoms with Gasteiger partial charge in [0.1, 0.15) is 0 Å². The summed E-state index contributed by atoms with van der Waals surface area (Å²) < 4.78 is 5.55. The van der Waals surface area contributed by atoms with Crippen LogP contribution in [0.3, 0.4) is 0 Å². The van der Waals surface area contributed by atoms with Gasteiger partial charge in [-0.2, -0.15) is 4.99 Å². The van der Waals surface area contributed by atoms with E-state index >= 15 is 0 Å². The number of carbonyl (C=O) groups is 1. The summed E-state index contributed by atoms with van der Waals surface area (Å²) in [4.78, 5) is 28.4. The zero-order valence-electron chi connectivity index (χ0n) is 21.3. The first-order chi connectivity index (χ1) is 17.4. The minimum absolute atomic E-state index is 0.0384. The third-order valence-corrected chi connectivity index (χ3v) is 7.07. The maximum absolute atomic E-state index is 13.0. The van der Waals surface area contributed by atoms with Crippen molar-refractivity contribution >= 4 is 29.1 Å². The fourth-order valence-electron chi connectivity index (χ4n) is 4.86. The molecule has 1 aromatic carbocycles. The molecule has 2 aliphatic rings. The number of pyridine rings is 1. The van der Waals surface area contributed by atoms with Gasteiger partial charge in [0.05, 0.1) is 18.5 Å². The summed E-state index contributed by atoms with van der Waals surface area (Å²) in [5.74, 6) is 0.836. The van der Waals surface area contributed by atoms with Crippen LogP contribution in [-0.2, 0) is 4.74 Å². The van der Waals surface area contributed by atoms with E-state index in [2.05, 4.69) is 32.1 Å². The number of aliphatic imine (C=N–C) groups is 1. The Kier molecular flexibility index (Phi) is 8.74. The number of nitrogens with two attached hydrogens (primary N) is 2. The quantitative estimate of drug-likeness (QED) is 0.304. The Morgan fingerprint density at radius 1 is 1.14 bits per heavy atom. The monoisotopic (exact) mass is 494 g/mol. The second kappa shape index (κ2) is 12.2. The van der Waals surface area contributed by atoms with Gasteiger partial charge in [0, 0.05) is 43.6 Å². The number of nitrogens with one attached hydrogen (secondary N) is 1. The topological polar surface area (TPSA) is 125 Å². The van der Waals surface area contributed by atoms with Crippen molar-refractivity contribution in [3.63, 3.8) is 0 Å². The SMILES string of the molecule is CN1CCC(N(C)C(=O)c2ccc(NC(N)=Nc3ncccc3N3CCC(OCN)CC3)cc2)CC1. The lowest BCUT2D eigenvalue weighted by atomic mass is 10.0. The molecule has 10 nitrogen and oxygen atoms in total. The number of likely N-dealkylation sites (tertiary alicyclic amines) is 1. The number of anilines is 2. The first-order valence-corrected chi connectivity index (χ1v) is 12.6. The fourth-order valence-corrected chi connectivity index (χ4v) is 4.86. The molecule has 2 fully saturated rings. The number of rotatable bonds is 7. The van der Waals surface area contributed by atoms with Crippen LogP contribution in [0.1, 0.15) is 36.0 Å². The predicted molar refractivity (Wildman–Crippen MR) is 144 cm³/mol. The van der Waals surface area contributed by atoms with E-state index in [1.54, 1.807) is 6.20 Å². The summed E-state index contributed by atoms with van der Waals surface area (Å²) in [6.07, 6.45) is 5.71. The number of hydrogen-bond acceptors (Lipinski definition) is 7. The minimum atomic E-state index is 0.0384. The lowest BCUT2D eigenvalue weighted by Crippen LogP contribution is -2.44. The van der Waals surface area contributed by atoms with Gasteiger partial charge in [0.15, 0.2) is 11.8 Å². The van der Waals surface area contributed by atoms with E-state index in [4.69, 9.17) is 16.2 Å². The van der Waals surface area contributed by atoms with Crippen molar-refractivity contribution in [2.24, 2.45) is 16.5 Å². The highest BCUT2D eigenvalue weighted by molar-refractivity contribution is 5.97. The van der Waals surface area contributed by atoms with Crippen molar-refractivity contribution in [1.29, 1.82) is 0 Å². The van der Waals surface area contributed by atoms with Crippen LogP contribution in [-0.4, -0.2) is 85.8 Å². The van der Waals surface area contributed by atoms with Crippen LogP contribution >= 0.6 is 0 Å². The fraction of sp³-hybridized carbons (Fsp3) is 0.500. The number of ether oxygens (including phenoxy) is 1. The van der Waals surface area contributed by atoms with Crippen LogP contribution in [0.5, 0.6) is 0 Å². The van der Waals surface area contributed by atoms with Crippen LogP contribution < -0.4 is 21.7 Å². The maximum atomic E-state index is 13.0. The molecule has 0 radical (unpaired) electrons. The van der Waals surface area contributed by atoms with E-state index in [-0.39, 0.29) is 30.7 Å². The Balaban J connectivity index is 1.37. The minimum Gasteiger partial charge on any atom is -0.369 e. The molecule has 0 saturated carbocycles. The molecule has 0 unspecified atom stereocenters. The van der Waals surface area contributed by atoms with E-state index < -0.39 is 0 Å². The lowest BCUT2D eigenvalue weighted by molar-refractivity contribution is 0.0414. The molecule has 0 aliphatic carbocycles. The van der Waals surface area contributed by atoms with Crippen molar-refractivity contribution in [2.75, 3.05) is 57.2 Å². The van der Waals surface area contributed by atoms with E-state index in [0.29, 0.717) is 11.4 Å². The first-order valence-electron chi connectivity index (χ1n) is 12.6. The number of nitrogens with zero attached hydrogens (tertiary/aromatic N) is 5. The largest absolute Gasteiger partial charge is 0.369 e. The van der Waals surface area contributed by atoms with E-state index in [1.165, 1.54) is 0 Å². The van der Waals surface area contributed by atoms with Crippen molar-refractivity contribution < 1.29 is 9.53 Å². The molecule has 2 aliphatic heterocycles. The molecule has 0 spiro atoms. The average Bonchev–Trinajstić information content (AvgIpc) is 2.90.